The first-order valence-corrected chi connectivity index (χ1v) is 12.6. The van der Waals surface area contributed by atoms with Crippen molar-refractivity contribution in [2.24, 2.45) is 0 Å². The number of nitro groups is 1. The number of urea groups is 1. The van der Waals surface area contributed by atoms with Gasteiger partial charge in [-0.1, -0.05) is 42.5 Å². The molecule has 1 saturated heterocycles. The fourth-order valence-electron chi connectivity index (χ4n) is 5.23. The number of amides is 4. The van der Waals surface area contributed by atoms with Gasteiger partial charge in [-0.25, -0.2) is 4.79 Å². The Balaban J connectivity index is 1.45. The average Bonchev–Trinajstić information content (AvgIpc) is 3.57. The molecule has 38 heavy (non-hydrogen) atoms. The Hall–Kier alpha value is -4.25. The lowest BCUT2D eigenvalue weighted by Gasteiger charge is -2.31. The van der Waals surface area contributed by atoms with E-state index < -0.39 is 28.9 Å². The van der Waals surface area contributed by atoms with Gasteiger partial charge in [0.1, 0.15) is 6.04 Å². The molecular weight excluding hydrogens is 490 g/mol. The average molecular weight is 520 g/mol. The molecule has 11 heteroatoms. The maximum atomic E-state index is 13.9. The minimum absolute atomic E-state index is 0.0526. The fraction of sp³-hybridized carbons (Fsp3) is 0.370. The zero-order chi connectivity index (χ0) is 26.8. The molecule has 0 aliphatic carbocycles. The molecule has 3 heterocycles. The Morgan fingerprint density at radius 1 is 1.21 bits per heavy atom. The quantitative estimate of drug-likeness (QED) is 0.406. The standard InChI is InChI=1S/C27H29N5O6/c1-30-22-16-31(21(13-17-7-3-2-4-8-17)25(33)28-15-20-11-6-12-38-20)26(34)23(22)24(29-27(30)35)18-9-5-10-19(14-18)32(36)37/h2-5,7-10,14,20-21,24H,6,11-13,15-16H2,1H3,(H,28,33)(H,29,35)/t20-,21-,24+/m0/s1. The normalized spacial score (nSPS) is 21.8. The van der Waals surface area contributed by atoms with Crippen LogP contribution in [0.15, 0.2) is 65.9 Å². The number of non-ortho nitro benzene ring substituents is 1. The number of hydrogen-bond acceptors (Lipinski definition) is 6. The summed E-state index contributed by atoms with van der Waals surface area (Å²) in [7, 11) is 1.56. The number of benzene rings is 2. The number of rotatable bonds is 8. The van der Waals surface area contributed by atoms with E-state index in [9.17, 15) is 24.5 Å². The summed E-state index contributed by atoms with van der Waals surface area (Å²) in [6, 6.07) is 13.2. The van der Waals surface area contributed by atoms with Crippen molar-refractivity contribution in [2.45, 2.75) is 37.5 Å². The first-order valence-electron chi connectivity index (χ1n) is 12.6. The number of hydrogen-bond donors (Lipinski definition) is 2. The Kier molecular flexibility index (Phi) is 7.10. The molecule has 198 valence electrons. The Bertz CT molecular complexity index is 1290. The molecule has 5 rings (SSSR count). The highest BCUT2D eigenvalue weighted by Gasteiger charge is 2.46. The van der Waals surface area contributed by atoms with Gasteiger partial charge >= 0.3 is 6.03 Å². The number of ether oxygens (including phenoxy) is 1. The lowest BCUT2D eigenvalue weighted by molar-refractivity contribution is -0.384. The van der Waals surface area contributed by atoms with Gasteiger partial charge in [0.25, 0.3) is 11.6 Å². The number of nitrogens with one attached hydrogen (secondary N) is 2. The van der Waals surface area contributed by atoms with Crippen LogP contribution in [0, 0.1) is 10.1 Å². The van der Waals surface area contributed by atoms with Crippen LogP contribution in [0.5, 0.6) is 0 Å². The van der Waals surface area contributed by atoms with Crippen molar-refractivity contribution in [3.8, 4) is 0 Å². The van der Waals surface area contributed by atoms with Crippen molar-refractivity contribution in [3.05, 3.63) is 87.1 Å². The van der Waals surface area contributed by atoms with E-state index in [0.29, 0.717) is 30.0 Å². The highest BCUT2D eigenvalue weighted by atomic mass is 16.6. The second-order valence-corrected chi connectivity index (χ2v) is 9.67. The second-order valence-electron chi connectivity index (χ2n) is 9.67. The van der Waals surface area contributed by atoms with Gasteiger partial charge in [-0.3, -0.25) is 24.6 Å². The van der Waals surface area contributed by atoms with E-state index >= 15 is 0 Å². The molecule has 3 aliphatic rings. The molecule has 3 atom stereocenters. The zero-order valence-electron chi connectivity index (χ0n) is 21.0. The number of likely N-dealkylation sites (N-methyl/N-ethyl adjacent to an activating group) is 1. The van der Waals surface area contributed by atoms with Crippen LogP contribution in [0.4, 0.5) is 10.5 Å². The molecule has 2 aromatic carbocycles. The van der Waals surface area contributed by atoms with E-state index in [-0.39, 0.29) is 30.7 Å². The van der Waals surface area contributed by atoms with Gasteiger partial charge in [0.15, 0.2) is 0 Å². The lowest BCUT2D eigenvalue weighted by Crippen LogP contribution is -2.51. The maximum Gasteiger partial charge on any atom is 0.322 e. The SMILES string of the molecule is CN1C(=O)N[C@H](c2cccc([N+](=O)[O-])c2)C2=C1CN([C@@H](Cc1ccccc1)C(=O)NC[C@@H]1CCCO1)C2=O. The Morgan fingerprint density at radius 2 is 2.00 bits per heavy atom. The van der Waals surface area contributed by atoms with Gasteiger partial charge in [0.05, 0.1) is 34.9 Å². The monoisotopic (exact) mass is 519 g/mol. The summed E-state index contributed by atoms with van der Waals surface area (Å²) in [6.45, 7) is 1.09. The molecule has 0 aromatic heterocycles. The third-order valence-corrected chi connectivity index (χ3v) is 7.28. The van der Waals surface area contributed by atoms with E-state index in [1.807, 2.05) is 30.3 Å². The molecule has 2 aromatic rings. The lowest BCUT2D eigenvalue weighted by atomic mass is 9.95. The Morgan fingerprint density at radius 3 is 2.71 bits per heavy atom. The number of nitro benzene ring substituents is 1. The first-order chi connectivity index (χ1) is 18.3. The van der Waals surface area contributed by atoms with Gasteiger partial charge in [-0.15, -0.1) is 0 Å². The summed E-state index contributed by atoms with van der Waals surface area (Å²) in [5.74, 6) is -0.692. The van der Waals surface area contributed by atoms with Crippen LogP contribution in [0.1, 0.15) is 30.0 Å². The Labute approximate surface area is 219 Å². The molecular formula is C27H29N5O6. The van der Waals surface area contributed by atoms with Crippen molar-refractivity contribution < 1.29 is 24.0 Å². The maximum absolute atomic E-state index is 13.9. The molecule has 2 N–H and O–H groups in total. The van der Waals surface area contributed by atoms with Crippen LogP contribution in [-0.4, -0.2) is 71.5 Å². The van der Waals surface area contributed by atoms with Crippen molar-refractivity contribution in [2.75, 3.05) is 26.7 Å². The minimum Gasteiger partial charge on any atom is -0.376 e. The van der Waals surface area contributed by atoms with Crippen LogP contribution in [0.3, 0.4) is 0 Å². The van der Waals surface area contributed by atoms with Gasteiger partial charge in [-0.2, -0.15) is 0 Å². The number of nitrogens with zero attached hydrogens (tertiary/aromatic N) is 3. The second kappa shape index (κ2) is 10.6. The molecule has 0 radical (unpaired) electrons. The predicted molar refractivity (Wildman–Crippen MR) is 137 cm³/mol. The zero-order valence-corrected chi connectivity index (χ0v) is 21.0. The van der Waals surface area contributed by atoms with E-state index in [4.69, 9.17) is 4.74 Å². The van der Waals surface area contributed by atoms with E-state index in [0.717, 1.165) is 18.4 Å². The third kappa shape index (κ3) is 4.97. The van der Waals surface area contributed by atoms with E-state index in [1.54, 1.807) is 13.1 Å². The molecule has 4 amide bonds. The minimum atomic E-state index is -0.876. The molecule has 0 unspecified atom stereocenters. The summed E-state index contributed by atoms with van der Waals surface area (Å²) in [4.78, 5) is 54.0. The van der Waals surface area contributed by atoms with Crippen molar-refractivity contribution in [1.29, 1.82) is 0 Å². The van der Waals surface area contributed by atoms with Gasteiger partial charge < -0.3 is 20.3 Å². The molecule has 0 bridgehead atoms. The van der Waals surface area contributed by atoms with Crippen LogP contribution in [0.2, 0.25) is 0 Å². The topological polar surface area (TPSA) is 134 Å². The van der Waals surface area contributed by atoms with Crippen molar-refractivity contribution >= 4 is 23.5 Å². The van der Waals surface area contributed by atoms with Crippen molar-refractivity contribution in [1.82, 2.24) is 20.4 Å². The number of carbonyl (C=O) groups is 3. The number of carbonyl (C=O) groups excluding carboxylic acids is 3. The molecule has 1 fully saturated rings. The summed E-state index contributed by atoms with van der Waals surface area (Å²) in [6.07, 6.45) is 2.05. The fourth-order valence-corrected chi connectivity index (χ4v) is 5.23. The summed E-state index contributed by atoms with van der Waals surface area (Å²) >= 11 is 0. The molecule has 3 aliphatic heterocycles. The summed E-state index contributed by atoms with van der Waals surface area (Å²) < 4.78 is 5.64. The highest BCUT2D eigenvalue weighted by molar-refractivity contribution is 6.03. The smallest absolute Gasteiger partial charge is 0.322 e. The van der Waals surface area contributed by atoms with Crippen LogP contribution >= 0.6 is 0 Å². The van der Waals surface area contributed by atoms with Gasteiger partial charge in [0, 0.05) is 38.8 Å². The van der Waals surface area contributed by atoms with Gasteiger partial charge in [0.2, 0.25) is 5.91 Å². The molecule has 11 nitrogen and oxygen atoms in total. The predicted octanol–water partition coefficient (Wildman–Crippen LogP) is 2.29. The third-order valence-electron chi connectivity index (χ3n) is 7.28. The van der Waals surface area contributed by atoms with E-state index in [1.165, 1.54) is 28.0 Å². The van der Waals surface area contributed by atoms with Crippen LogP contribution in [0.25, 0.3) is 0 Å². The molecule has 0 spiro atoms. The van der Waals surface area contributed by atoms with Crippen LogP contribution < -0.4 is 10.6 Å². The molecule has 0 saturated carbocycles. The summed E-state index contributed by atoms with van der Waals surface area (Å²) in [5.41, 5.74) is 1.94. The van der Waals surface area contributed by atoms with Crippen molar-refractivity contribution in [3.63, 3.8) is 0 Å². The first kappa shape index (κ1) is 25.4. The van der Waals surface area contributed by atoms with E-state index in [2.05, 4.69) is 10.6 Å². The largest absolute Gasteiger partial charge is 0.376 e. The summed E-state index contributed by atoms with van der Waals surface area (Å²) in [5, 5.41) is 17.1. The van der Waals surface area contributed by atoms with Gasteiger partial charge in [-0.05, 0) is 24.0 Å². The highest BCUT2D eigenvalue weighted by Crippen LogP contribution is 2.37. The van der Waals surface area contributed by atoms with Crippen LogP contribution in [-0.2, 0) is 20.7 Å².